The van der Waals surface area contributed by atoms with Crippen molar-refractivity contribution in [2.45, 2.75) is 5.92 Å². The highest BCUT2D eigenvalue weighted by molar-refractivity contribution is 5.80. The van der Waals surface area contributed by atoms with Crippen molar-refractivity contribution in [2.24, 2.45) is 0 Å². The van der Waals surface area contributed by atoms with E-state index in [1.54, 1.807) is 0 Å². The monoisotopic (exact) mass is 232 g/mol. The van der Waals surface area contributed by atoms with Gasteiger partial charge in [0.05, 0.1) is 19.8 Å². The van der Waals surface area contributed by atoms with Crippen molar-refractivity contribution in [1.29, 1.82) is 0 Å². The molecule has 1 aromatic carbocycles. The Bertz CT molecular complexity index is 404. The fourth-order valence-corrected chi connectivity index (χ4v) is 1.18. The van der Waals surface area contributed by atoms with Gasteiger partial charge in [-0.1, -0.05) is 0 Å². The van der Waals surface area contributed by atoms with Crippen LogP contribution in [0, 0.1) is 0 Å². The van der Waals surface area contributed by atoms with Crippen LogP contribution in [-0.4, -0.2) is 25.3 Å². The number of phenols is 1. The Morgan fingerprint density at radius 2 is 2.00 bits per heavy atom. The van der Waals surface area contributed by atoms with Crippen LogP contribution in [-0.2, 0) is 15.5 Å². The predicted molar refractivity (Wildman–Crippen MR) is 50.6 cm³/mol. The first-order chi connectivity index (χ1) is 7.43. The van der Waals surface area contributed by atoms with E-state index in [0.717, 1.165) is 19.2 Å². The topological polar surface area (TPSA) is 55.8 Å². The lowest BCUT2D eigenvalue weighted by atomic mass is 10.1. The van der Waals surface area contributed by atoms with E-state index in [2.05, 4.69) is 9.47 Å². The zero-order valence-corrected chi connectivity index (χ0v) is 8.66. The molecule has 16 heavy (non-hydrogen) atoms. The van der Waals surface area contributed by atoms with Crippen LogP contribution in [0.25, 0.3) is 0 Å². The minimum atomic E-state index is -3.86. The predicted octanol–water partition coefficient (Wildman–Crippen LogP) is 1.67. The molecule has 0 amide bonds. The molecular formula is C10H10F2O4. The summed E-state index contributed by atoms with van der Waals surface area (Å²) in [7, 11) is 2.04. The highest BCUT2D eigenvalue weighted by Gasteiger charge is 2.45. The summed E-state index contributed by atoms with van der Waals surface area (Å²) in [5, 5.41) is 9.11. The average molecular weight is 232 g/mol. The van der Waals surface area contributed by atoms with E-state index in [4.69, 9.17) is 5.11 Å². The van der Waals surface area contributed by atoms with E-state index in [1.807, 2.05) is 0 Å². The van der Waals surface area contributed by atoms with Crippen LogP contribution < -0.4 is 4.74 Å². The SMILES string of the molecule is COC(=O)C(F)(F)c1cc(O)ccc1OC. The Hall–Kier alpha value is -1.85. The molecule has 0 aliphatic heterocycles. The molecule has 6 heteroatoms. The average Bonchev–Trinajstić information content (AvgIpc) is 2.27. The number of methoxy groups -OCH3 is 2. The molecule has 0 saturated carbocycles. The standard InChI is InChI=1S/C10H10F2O4/c1-15-8-4-3-6(13)5-7(8)10(11,12)9(14)16-2/h3-5,13H,1-2H3. The van der Waals surface area contributed by atoms with E-state index >= 15 is 0 Å². The molecule has 0 spiro atoms. The van der Waals surface area contributed by atoms with Gasteiger partial charge in [0.1, 0.15) is 11.5 Å². The number of hydrogen-bond donors (Lipinski definition) is 1. The lowest BCUT2D eigenvalue weighted by Crippen LogP contribution is -2.27. The van der Waals surface area contributed by atoms with Gasteiger partial charge in [0, 0.05) is 0 Å². The molecule has 4 nitrogen and oxygen atoms in total. The number of phenolic OH excluding ortho intramolecular Hbond substituents is 1. The van der Waals surface area contributed by atoms with Crippen molar-refractivity contribution in [3.05, 3.63) is 23.8 Å². The molecule has 0 unspecified atom stereocenters. The quantitative estimate of drug-likeness (QED) is 0.805. The van der Waals surface area contributed by atoms with Gasteiger partial charge in [-0.2, -0.15) is 8.78 Å². The Kier molecular flexibility index (Phi) is 3.31. The molecule has 1 rings (SSSR count). The van der Waals surface area contributed by atoms with Gasteiger partial charge < -0.3 is 14.6 Å². The molecular weight excluding hydrogens is 222 g/mol. The first-order valence-corrected chi connectivity index (χ1v) is 4.27. The lowest BCUT2D eigenvalue weighted by Gasteiger charge is -2.16. The van der Waals surface area contributed by atoms with Gasteiger partial charge in [0.15, 0.2) is 0 Å². The number of esters is 1. The zero-order chi connectivity index (χ0) is 12.3. The normalized spacial score (nSPS) is 11.0. The minimum Gasteiger partial charge on any atom is -0.508 e. The van der Waals surface area contributed by atoms with Crippen LogP contribution in [0.2, 0.25) is 0 Å². The van der Waals surface area contributed by atoms with E-state index < -0.39 is 17.5 Å². The number of carbonyl (C=O) groups is 1. The second kappa shape index (κ2) is 4.34. The number of ether oxygens (including phenoxy) is 2. The summed E-state index contributed by atoms with van der Waals surface area (Å²) < 4.78 is 35.7. The third-order valence-corrected chi connectivity index (χ3v) is 1.96. The number of halogens is 2. The lowest BCUT2D eigenvalue weighted by molar-refractivity contribution is -0.170. The fraction of sp³-hybridized carbons (Fsp3) is 0.300. The maximum atomic E-state index is 13.5. The molecule has 0 aliphatic rings. The number of alkyl halides is 2. The van der Waals surface area contributed by atoms with Crippen LogP contribution in [0.4, 0.5) is 8.78 Å². The second-order valence-corrected chi connectivity index (χ2v) is 2.95. The fourth-order valence-electron chi connectivity index (χ4n) is 1.18. The summed E-state index contributed by atoms with van der Waals surface area (Å²) >= 11 is 0. The first-order valence-electron chi connectivity index (χ1n) is 4.27. The van der Waals surface area contributed by atoms with Crippen molar-refractivity contribution < 1.29 is 28.2 Å². The summed E-state index contributed by atoms with van der Waals surface area (Å²) in [5.74, 6) is -6.16. The number of benzene rings is 1. The van der Waals surface area contributed by atoms with Crippen molar-refractivity contribution >= 4 is 5.97 Å². The molecule has 0 saturated heterocycles. The molecule has 1 aromatic rings. The third-order valence-electron chi connectivity index (χ3n) is 1.96. The van der Waals surface area contributed by atoms with Gasteiger partial charge in [-0.15, -0.1) is 0 Å². The highest BCUT2D eigenvalue weighted by Crippen LogP contribution is 2.37. The molecule has 0 atom stereocenters. The minimum absolute atomic E-state index is 0.201. The van der Waals surface area contributed by atoms with Crippen LogP contribution >= 0.6 is 0 Å². The summed E-state index contributed by atoms with van der Waals surface area (Å²) in [6.45, 7) is 0. The number of hydrogen-bond acceptors (Lipinski definition) is 4. The van der Waals surface area contributed by atoms with E-state index in [0.29, 0.717) is 0 Å². The third kappa shape index (κ3) is 2.05. The number of aromatic hydroxyl groups is 1. The van der Waals surface area contributed by atoms with Crippen LogP contribution in [0.5, 0.6) is 11.5 Å². The van der Waals surface area contributed by atoms with Crippen LogP contribution in [0.15, 0.2) is 18.2 Å². The summed E-state index contributed by atoms with van der Waals surface area (Å²) in [5.41, 5.74) is -0.734. The van der Waals surface area contributed by atoms with Gasteiger partial charge in [0.2, 0.25) is 0 Å². The number of rotatable bonds is 3. The van der Waals surface area contributed by atoms with Gasteiger partial charge in [-0.3, -0.25) is 0 Å². The summed E-state index contributed by atoms with van der Waals surface area (Å²) in [4.78, 5) is 10.9. The van der Waals surface area contributed by atoms with E-state index in [9.17, 15) is 13.6 Å². The molecule has 0 radical (unpaired) electrons. The molecule has 0 fully saturated rings. The van der Waals surface area contributed by atoms with Crippen molar-refractivity contribution in [3.63, 3.8) is 0 Å². The van der Waals surface area contributed by atoms with Gasteiger partial charge in [0.25, 0.3) is 0 Å². The van der Waals surface area contributed by atoms with Crippen molar-refractivity contribution in [2.75, 3.05) is 14.2 Å². The molecule has 0 bridgehead atoms. The molecule has 1 N–H and O–H groups in total. The molecule has 0 heterocycles. The number of carbonyl (C=O) groups excluding carboxylic acids is 1. The molecule has 0 aliphatic carbocycles. The Morgan fingerprint density at radius 3 is 2.50 bits per heavy atom. The van der Waals surface area contributed by atoms with Gasteiger partial charge in [-0.05, 0) is 18.2 Å². The Morgan fingerprint density at radius 1 is 1.38 bits per heavy atom. The maximum absolute atomic E-state index is 13.5. The van der Waals surface area contributed by atoms with Crippen LogP contribution in [0.3, 0.4) is 0 Å². The summed E-state index contributed by atoms with van der Waals surface area (Å²) in [6, 6.07) is 3.08. The van der Waals surface area contributed by atoms with Crippen molar-refractivity contribution in [3.8, 4) is 11.5 Å². The Balaban J connectivity index is 3.30. The largest absolute Gasteiger partial charge is 0.508 e. The maximum Gasteiger partial charge on any atom is 0.381 e. The van der Waals surface area contributed by atoms with Crippen LogP contribution in [0.1, 0.15) is 5.56 Å². The Labute approximate surface area is 90.4 Å². The first kappa shape index (κ1) is 12.2. The molecule has 88 valence electrons. The smallest absolute Gasteiger partial charge is 0.381 e. The van der Waals surface area contributed by atoms with Crippen molar-refractivity contribution in [1.82, 2.24) is 0 Å². The van der Waals surface area contributed by atoms with Gasteiger partial charge in [-0.25, -0.2) is 4.79 Å². The highest BCUT2D eigenvalue weighted by atomic mass is 19.3. The molecule has 0 aromatic heterocycles. The van der Waals surface area contributed by atoms with E-state index in [-0.39, 0.29) is 11.5 Å². The summed E-state index contributed by atoms with van der Waals surface area (Å²) in [6.07, 6.45) is 0. The second-order valence-electron chi connectivity index (χ2n) is 2.95. The zero-order valence-electron chi connectivity index (χ0n) is 8.66. The van der Waals surface area contributed by atoms with Gasteiger partial charge >= 0.3 is 11.9 Å². The van der Waals surface area contributed by atoms with E-state index in [1.165, 1.54) is 13.2 Å².